The monoisotopic (exact) mass is 629 g/mol. The van der Waals surface area contributed by atoms with Crippen molar-refractivity contribution in [2.24, 2.45) is 14.8 Å². The Morgan fingerprint density at radius 2 is 1.86 bits per heavy atom. The number of amides is 1. The van der Waals surface area contributed by atoms with Gasteiger partial charge in [0.2, 0.25) is 0 Å². The van der Waals surface area contributed by atoms with Gasteiger partial charge in [-0.25, -0.2) is 13.4 Å². The number of dihydropyridines is 1. The number of amidine groups is 1. The van der Waals surface area contributed by atoms with Gasteiger partial charge in [-0.15, -0.1) is 0 Å². The quantitative estimate of drug-likeness (QED) is 0.486. The van der Waals surface area contributed by atoms with Crippen LogP contribution in [0.25, 0.3) is 0 Å². The summed E-state index contributed by atoms with van der Waals surface area (Å²) in [4.78, 5) is 21.6. The normalized spacial score (nSPS) is 30.3. The number of H-pyrrole nitrogens is 1. The van der Waals surface area contributed by atoms with Crippen LogP contribution in [0.4, 0.5) is 4.79 Å². The van der Waals surface area contributed by atoms with Gasteiger partial charge in [-0.3, -0.25) is 10.1 Å². The lowest BCUT2D eigenvalue weighted by molar-refractivity contribution is -0.0288. The zero-order valence-corrected chi connectivity index (χ0v) is 27.9. The summed E-state index contributed by atoms with van der Waals surface area (Å²) in [6, 6.07) is 2.22. The third-order valence-electron chi connectivity index (χ3n) is 9.70. The molecular formula is C31H47N7O5S. The molecule has 44 heavy (non-hydrogen) atoms. The van der Waals surface area contributed by atoms with Crippen LogP contribution in [0.5, 0.6) is 0 Å². The molecule has 0 aromatic carbocycles. The molecule has 1 aromatic heterocycles. The number of aromatic amines is 1. The van der Waals surface area contributed by atoms with Crippen LogP contribution >= 0.6 is 0 Å². The molecule has 1 amide bonds. The zero-order valence-electron chi connectivity index (χ0n) is 27.1. The average molecular weight is 630 g/mol. The number of aliphatic imine (C=N–C) groups is 1. The fourth-order valence-electron chi connectivity index (χ4n) is 6.99. The second-order valence-electron chi connectivity index (χ2n) is 14.5. The van der Waals surface area contributed by atoms with E-state index in [0.29, 0.717) is 56.1 Å². The van der Waals surface area contributed by atoms with Crippen molar-refractivity contribution in [2.45, 2.75) is 89.5 Å². The molecule has 13 heteroatoms. The Morgan fingerprint density at radius 1 is 1.20 bits per heavy atom. The third-order valence-corrected chi connectivity index (χ3v) is 12.0. The number of likely N-dealkylation sites (tertiary alicyclic amines) is 1. The third kappa shape index (κ3) is 5.76. The first-order valence-corrected chi connectivity index (χ1v) is 17.3. The van der Waals surface area contributed by atoms with E-state index >= 15 is 0 Å². The van der Waals surface area contributed by atoms with E-state index < -0.39 is 37.3 Å². The number of piperidine rings is 1. The number of nitrogens with zero attached hydrogens (tertiary/aromatic N) is 6. The Balaban J connectivity index is 1.29. The molecule has 1 unspecified atom stereocenters. The SMILES string of the molecule is CC(C)(O)COCC12N=C(N3CCS(=O)(=NC4CCN(C(=O)OC(C)(C)C)CC4)CC3)C=C[C@@]1(C)[C@@]2(C)c1[nH]ncc1C#N. The number of aliphatic hydroxyl groups is 1. The summed E-state index contributed by atoms with van der Waals surface area (Å²) in [5.41, 5.74) is -2.09. The number of nitriles is 1. The maximum absolute atomic E-state index is 13.8. The highest BCUT2D eigenvalue weighted by Gasteiger charge is 2.84. The van der Waals surface area contributed by atoms with E-state index in [9.17, 15) is 19.4 Å². The topological polar surface area (TPSA) is 157 Å². The van der Waals surface area contributed by atoms with Gasteiger partial charge in [0.15, 0.2) is 0 Å². The van der Waals surface area contributed by atoms with Crippen LogP contribution in [-0.4, -0.2) is 115 Å². The fourth-order valence-corrected chi connectivity index (χ4v) is 9.17. The molecule has 1 saturated carbocycles. The van der Waals surface area contributed by atoms with Crippen LogP contribution in [0.2, 0.25) is 0 Å². The minimum atomic E-state index is -2.39. The van der Waals surface area contributed by atoms with Crippen molar-refractivity contribution in [3.8, 4) is 6.07 Å². The number of ether oxygens (including phenoxy) is 2. The van der Waals surface area contributed by atoms with Gasteiger partial charge >= 0.3 is 6.09 Å². The fraction of sp³-hybridized carbons (Fsp3) is 0.742. The van der Waals surface area contributed by atoms with E-state index in [4.69, 9.17) is 18.8 Å². The molecule has 0 spiro atoms. The molecule has 242 valence electrons. The maximum atomic E-state index is 13.8. The predicted molar refractivity (Wildman–Crippen MR) is 168 cm³/mol. The lowest BCUT2D eigenvalue weighted by Crippen LogP contribution is -2.46. The van der Waals surface area contributed by atoms with Gasteiger partial charge in [-0.2, -0.15) is 10.4 Å². The molecule has 3 aliphatic heterocycles. The Morgan fingerprint density at radius 3 is 2.45 bits per heavy atom. The minimum absolute atomic E-state index is 0.0348. The predicted octanol–water partition coefficient (Wildman–Crippen LogP) is 3.24. The van der Waals surface area contributed by atoms with E-state index in [0.717, 1.165) is 11.5 Å². The van der Waals surface area contributed by atoms with E-state index in [2.05, 4.69) is 41.1 Å². The minimum Gasteiger partial charge on any atom is -0.444 e. The van der Waals surface area contributed by atoms with Crippen molar-refractivity contribution in [1.29, 1.82) is 5.26 Å². The second-order valence-corrected chi connectivity index (χ2v) is 17.1. The van der Waals surface area contributed by atoms with E-state index in [1.807, 2.05) is 26.8 Å². The number of carbonyl (C=O) groups excluding carboxylic acids is 1. The molecule has 5 rings (SSSR count). The zero-order chi connectivity index (χ0) is 32.2. The summed E-state index contributed by atoms with van der Waals surface area (Å²) in [5.74, 6) is 1.69. The van der Waals surface area contributed by atoms with Gasteiger partial charge in [-0.05, 0) is 53.5 Å². The van der Waals surface area contributed by atoms with Crippen LogP contribution in [0.3, 0.4) is 0 Å². The van der Waals surface area contributed by atoms with Crippen LogP contribution in [0.1, 0.15) is 72.6 Å². The van der Waals surface area contributed by atoms with E-state index in [-0.39, 0.29) is 25.3 Å². The number of aromatic nitrogens is 2. The van der Waals surface area contributed by atoms with Gasteiger partial charge in [0.1, 0.15) is 23.0 Å². The first kappa shape index (κ1) is 32.4. The Labute approximate surface area is 261 Å². The number of nitrogens with one attached hydrogen (secondary N) is 1. The van der Waals surface area contributed by atoms with Crippen LogP contribution < -0.4 is 0 Å². The number of hydrogen-bond donors (Lipinski definition) is 2. The standard InChI is InChI=1S/C31H47N7O5S/c1-27(2,3)43-26(39)38-12-9-23(10-13-38)36-44(41)16-14-37(15-17-44)24-8-11-29(6)30(7,25-22(18-32)19-33-35-25)31(29,34-24)21-42-20-28(4,5)40/h8,11,19,23,40H,9-10,12-17,20-21H2,1-7H3,(H,33,35)/t29-,30+,31?/m0/s1. The van der Waals surface area contributed by atoms with Gasteiger partial charge in [-0.1, -0.05) is 19.9 Å². The Bertz CT molecular complexity index is 1490. The molecular weight excluding hydrogens is 582 g/mol. The molecule has 3 atom stereocenters. The van der Waals surface area contributed by atoms with Crippen LogP contribution in [-0.2, 0) is 24.6 Å². The second kappa shape index (κ2) is 11.1. The summed E-state index contributed by atoms with van der Waals surface area (Å²) >= 11 is 0. The average Bonchev–Trinajstić information content (AvgIpc) is 3.22. The molecule has 4 aliphatic rings. The van der Waals surface area contributed by atoms with Gasteiger partial charge < -0.3 is 24.4 Å². The molecule has 2 N–H and O–H groups in total. The largest absolute Gasteiger partial charge is 0.444 e. The van der Waals surface area contributed by atoms with Crippen LogP contribution in [0, 0.1) is 16.7 Å². The number of fused-ring (bicyclic) bond motifs is 1. The highest BCUT2D eigenvalue weighted by Crippen LogP contribution is 2.76. The summed E-state index contributed by atoms with van der Waals surface area (Å²) < 4.78 is 30.2. The summed E-state index contributed by atoms with van der Waals surface area (Å²) in [6.07, 6.45) is 6.77. The Kier molecular flexibility index (Phi) is 8.21. The molecule has 0 bridgehead atoms. The number of carbonyl (C=O) groups is 1. The molecule has 2 saturated heterocycles. The van der Waals surface area contributed by atoms with Gasteiger partial charge in [0.05, 0.1) is 57.5 Å². The summed E-state index contributed by atoms with van der Waals surface area (Å²) in [7, 11) is -2.39. The highest BCUT2D eigenvalue weighted by molar-refractivity contribution is 7.93. The van der Waals surface area contributed by atoms with Crippen molar-refractivity contribution in [3.05, 3.63) is 29.6 Å². The van der Waals surface area contributed by atoms with E-state index in [1.165, 1.54) is 0 Å². The molecule has 12 nitrogen and oxygen atoms in total. The Hall–Kier alpha value is -2.95. The van der Waals surface area contributed by atoms with Crippen molar-refractivity contribution in [1.82, 2.24) is 20.0 Å². The smallest absolute Gasteiger partial charge is 0.410 e. The lowest BCUT2D eigenvalue weighted by Gasteiger charge is -2.35. The van der Waals surface area contributed by atoms with Crippen molar-refractivity contribution in [2.75, 3.05) is 50.9 Å². The number of rotatable bonds is 6. The summed E-state index contributed by atoms with van der Waals surface area (Å²) in [6.45, 7) is 15.8. The van der Waals surface area contributed by atoms with E-state index in [1.54, 1.807) is 24.9 Å². The lowest BCUT2D eigenvalue weighted by atomic mass is 9.90. The first-order valence-electron chi connectivity index (χ1n) is 15.4. The van der Waals surface area contributed by atoms with Gasteiger partial charge in [0.25, 0.3) is 0 Å². The van der Waals surface area contributed by atoms with Crippen molar-refractivity contribution in [3.63, 3.8) is 0 Å². The molecule has 1 aliphatic carbocycles. The van der Waals surface area contributed by atoms with Crippen molar-refractivity contribution < 1.29 is 23.6 Å². The maximum Gasteiger partial charge on any atom is 0.410 e. The molecule has 0 radical (unpaired) electrons. The van der Waals surface area contributed by atoms with Crippen molar-refractivity contribution >= 4 is 21.7 Å². The number of hydrogen-bond acceptors (Lipinski definition) is 10. The molecule has 3 fully saturated rings. The van der Waals surface area contributed by atoms with Crippen LogP contribution in [0.15, 0.2) is 27.7 Å². The molecule has 4 heterocycles. The first-order chi connectivity index (χ1) is 20.5. The van der Waals surface area contributed by atoms with Gasteiger partial charge in [0, 0.05) is 43.1 Å². The summed E-state index contributed by atoms with van der Waals surface area (Å²) in [5, 5.41) is 27.3. The molecule has 1 aromatic rings. The highest BCUT2D eigenvalue weighted by atomic mass is 32.2.